The molecule has 0 fully saturated rings. The van der Waals surface area contributed by atoms with E-state index in [1.165, 1.54) is 13.8 Å². The van der Waals surface area contributed by atoms with Gasteiger partial charge in [0.1, 0.15) is 17.6 Å². The molecule has 206 valence electrons. The van der Waals surface area contributed by atoms with Crippen LogP contribution in [0.3, 0.4) is 0 Å². The summed E-state index contributed by atoms with van der Waals surface area (Å²) in [6.07, 6.45) is -16.7. The number of nitrogens with zero attached hydrogens (tertiary/aromatic N) is 1. The van der Waals surface area contributed by atoms with Crippen molar-refractivity contribution in [3.8, 4) is 11.5 Å². The van der Waals surface area contributed by atoms with Gasteiger partial charge in [-0.15, -0.1) is 23.3 Å². The second-order valence-electron chi connectivity index (χ2n) is 7.46. The molecule has 0 N–H and O–H groups in total. The number of benzene rings is 1. The fourth-order valence-corrected chi connectivity index (χ4v) is 2.98. The first kappa shape index (κ1) is 29.3. The van der Waals surface area contributed by atoms with Crippen molar-refractivity contribution in [2.45, 2.75) is 58.2 Å². The summed E-state index contributed by atoms with van der Waals surface area (Å²) >= 11 is 0. The molecule has 1 heterocycles. The molecule has 0 spiro atoms. The highest BCUT2D eigenvalue weighted by Gasteiger charge is 2.49. The van der Waals surface area contributed by atoms with Crippen LogP contribution < -0.4 is 9.47 Å². The second-order valence-corrected chi connectivity index (χ2v) is 7.46. The summed E-state index contributed by atoms with van der Waals surface area (Å²) in [5, 5.41) is 9.03. The Bertz CT molecular complexity index is 1060. The van der Waals surface area contributed by atoms with Gasteiger partial charge in [-0.05, 0) is 37.6 Å². The molecule has 1 aliphatic rings. The third-order valence-electron chi connectivity index (χ3n) is 4.43. The molecule has 2 unspecified atom stereocenters. The normalized spacial score (nSPS) is 16.8. The Morgan fingerprint density at radius 1 is 1.11 bits per heavy atom. The molecule has 11 nitrogen and oxygen atoms in total. The van der Waals surface area contributed by atoms with E-state index in [-0.39, 0.29) is 17.5 Å². The van der Waals surface area contributed by atoms with Crippen LogP contribution in [-0.2, 0) is 23.8 Å². The molecule has 2 rings (SSSR count). The van der Waals surface area contributed by atoms with Crippen LogP contribution in [0.2, 0.25) is 0 Å². The minimum Gasteiger partial charge on any atom is -0.475 e. The molecular formula is C20H19F6NO10. The summed E-state index contributed by atoms with van der Waals surface area (Å²) in [5.41, 5.74) is -1.60. The third kappa shape index (κ3) is 8.91. The lowest BCUT2D eigenvalue weighted by Crippen LogP contribution is -2.41. The van der Waals surface area contributed by atoms with Gasteiger partial charge in [-0.2, -0.15) is 13.2 Å². The lowest BCUT2D eigenvalue weighted by Gasteiger charge is -2.29. The molecule has 0 bridgehead atoms. The predicted molar refractivity (Wildman–Crippen MR) is 106 cm³/mol. The maximum atomic E-state index is 13.6. The number of carbonyl (C=O) groups is 2. The molecule has 17 heteroatoms. The van der Waals surface area contributed by atoms with Gasteiger partial charge in [0.25, 0.3) is 5.09 Å². The van der Waals surface area contributed by atoms with Gasteiger partial charge in [-0.3, -0.25) is 0 Å². The Morgan fingerprint density at radius 2 is 1.76 bits per heavy atom. The van der Waals surface area contributed by atoms with Gasteiger partial charge in [0, 0.05) is 18.9 Å². The van der Waals surface area contributed by atoms with Gasteiger partial charge in [-0.1, -0.05) is 0 Å². The van der Waals surface area contributed by atoms with E-state index in [2.05, 4.69) is 14.3 Å². The summed E-state index contributed by atoms with van der Waals surface area (Å²) in [7, 11) is 0. The smallest absolute Gasteiger partial charge is 0.475 e. The van der Waals surface area contributed by atoms with Gasteiger partial charge in [0.2, 0.25) is 12.4 Å². The molecule has 0 saturated heterocycles. The highest BCUT2D eigenvalue weighted by molar-refractivity contribution is 5.96. The van der Waals surface area contributed by atoms with Crippen LogP contribution >= 0.6 is 0 Å². The first-order chi connectivity index (χ1) is 17.0. The number of esters is 1. The monoisotopic (exact) mass is 547 g/mol. The number of hydrogen-bond donors (Lipinski definition) is 0. The molecule has 0 saturated carbocycles. The quantitative estimate of drug-likeness (QED) is 0.142. The Balaban J connectivity index is 2.16. The molecular weight excluding hydrogens is 528 g/mol. The van der Waals surface area contributed by atoms with E-state index >= 15 is 0 Å². The molecule has 0 radical (unpaired) electrons. The van der Waals surface area contributed by atoms with Crippen molar-refractivity contribution in [3.05, 3.63) is 38.9 Å². The average molecular weight is 547 g/mol. The lowest BCUT2D eigenvalue weighted by atomic mass is 9.99. The van der Waals surface area contributed by atoms with Crippen LogP contribution in [-0.4, -0.2) is 54.9 Å². The topological polar surface area (TPSA) is 133 Å². The van der Waals surface area contributed by atoms with Gasteiger partial charge in [0.15, 0.2) is 0 Å². The van der Waals surface area contributed by atoms with Gasteiger partial charge >= 0.3 is 24.7 Å². The fourth-order valence-electron chi connectivity index (χ4n) is 2.98. The number of alkyl halides is 6. The van der Waals surface area contributed by atoms with Crippen molar-refractivity contribution < 1.29 is 69.5 Å². The summed E-state index contributed by atoms with van der Waals surface area (Å²) in [6, 6.07) is 1.53. The van der Waals surface area contributed by atoms with Crippen molar-refractivity contribution in [3.63, 3.8) is 0 Å². The van der Waals surface area contributed by atoms with Crippen LogP contribution in [0.15, 0.2) is 17.7 Å². The summed E-state index contributed by atoms with van der Waals surface area (Å²) in [4.78, 5) is 38.4. The molecule has 1 aliphatic heterocycles. The maximum absolute atomic E-state index is 13.6. The number of halogens is 6. The molecule has 1 aromatic carbocycles. The van der Waals surface area contributed by atoms with E-state index in [4.69, 9.17) is 14.2 Å². The number of ether oxygens (including phenoxy) is 5. The minimum atomic E-state index is -5.14. The van der Waals surface area contributed by atoms with Gasteiger partial charge in [0.05, 0.1) is 12.2 Å². The van der Waals surface area contributed by atoms with Crippen molar-refractivity contribution in [2.24, 2.45) is 0 Å². The van der Waals surface area contributed by atoms with E-state index in [1.807, 2.05) is 0 Å². The largest absolute Gasteiger partial charge is 0.573 e. The second kappa shape index (κ2) is 11.4. The molecule has 0 amide bonds. The van der Waals surface area contributed by atoms with Crippen molar-refractivity contribution in [2.75, 3.05) is 6.61 Å². The fraction of sp³-hybridized carbons (Fsp3) is 0.500. The van der Waals surface area contributed by atoms with Crippen LogP contribution in [0, 0.1) is 17.0 Å². The Kier molecular flexibility index (Phi) is 9.05. The Morgan fingerprint density at radius 3 is 2.32 bits per heavy atom. The predicted octanol–water partition coefficient (Wildman–Crippen LogP) is 4.63. The number of fused-ring (bicyclic) bond motifs is 1. The number of aryl methyl sites for hydroxylation is 1. The number of rotatable bonds is 9. The van der Waals surface area contributed by atoms with E-state index in [0.29, 0.717) is 6.08 Å². The average Bonchev–Trinajstić information content (AvgIpc) is 2.70. The van der Waals surface area contributed by atoms with Crippen molar-refractivity contribution >= 4 is 18.2 Å². The Labute approximate surface area is 203 Å². The summed E-state index contributed by atoms with van der Waals surface area (Å²) in [6.45, 7) is 3.07. The first-order valence-electron chi connectivity index (χ1n) is 10.2. The van der Waals surface area contributed by atoms with Gasteiger partial charge in [-0.25, -0.2) is 9.59 Å². The first-order valence-corrected chi connectivity index (χ1v) is 10.2. The van der Waals surface area contributed by atoms with E-state index < -0.39 is 71.9 Å². The van der Waals surface area contributed by atoms with E-state index in [9.17, 15) is 46.0 Å². The molecule has 0 aromatic heterocycles. The van der Waals surface area contributed by atoms with Crippen LogP contribution in [0.1, 0.15) is 31.4 Å². The zero-order valence-corrected chi connectivity index (χ0v) is 19.2. The van der Waals surface area contributed by atoms with Crippen molar-refractivity contribution in [1.82, 2.24) is 0 Å². The highest BCUT2D eigenvalue weighted by Crippen LogP contribution is 2.41. The zero-order chi connectivity index (χ0) is 28.1. The van der Waals surface area contributed by atoms with E-state index in [1.54, 1.807) is 0 Å². The Hall–Kier alpha value is -3.92. The maximum Gasteiger partial charge on any atom is 0.573 e. The van der Waals surface area contributed by atoms with Crippen LogP contribution in [0.4, 0.5) is 31.1 Å². The summed E-state index contributed by atoms with van der Waals surface area (Å²) in [5.74, 6) is -2.85. The molecule has 1 aromatic rings. The third-order valence-corrected chi connectivity index (χ3v) is 4.43. The van der Waals surface area contributed by atoms with Crippen LogP contribution in [0.5, 0.6) is 11.5 Å². The van der Waals surface area contributed by atoms with Gasteiger partial charge < -0.3 is 28.5 Å². The SMILES string of the molecule is Cc1cc(OC(F)(F)F)cc2c1O[C@H](C(F)(F)F)C(C(=O)OC(C)OC(=O)OC(C)CCO[N+](=O)[O-])=C2. The highest BCUT2D eigenvalue weighted by atomic mass is 19.4. The molecule has 37 heavy (non-hydrogen) atoms. The lowest BCUT2D eigenvalue weighted by molar-refractivity contribution is -0.758. The summed E-state index contributed by atoms with van der Waals surface area (Å²) < 4.78 is 101. The van der Waals surface area contributed by atoms with Crippen LogP contribution in [0.25, 0.3) is 6.08 Å². The van der Waals surface area contributed by atoms with E-state index in [0.717, 1.165) is 19.1 Å². The minimum absolute atomic E-state index is 0.111. The number of carbonyl (C=O) groups excluding carboxylic acids is 2. The number of hydrogen-bond acceptors (Lipinski definition) is 10. The molecule has 0 aliphatic carbocycles. The molecule has 3 atom stereocenters. The zero-order valence-electron chi connectivity index (χ0n) is 19.2. The standard InChI is InChI=1S/C20H19F6NO10/c1-9-6-13(37-20(24,25)26)7-12-8-14(16(19(21,22)23)36-15(9)12)17(28)34-11(3)35-18(29)33-10(2)4-5-32-27(30)31/h6-8,10-11,16H,4-5H2,1-3H3/t10?,11?,16-/m0/s1. The van der Waals surface area contributed by atoms with Crippen molar-refractivity contribution in [1.29, 1.82) is 0 Å².